The van der Waals surface area contributed by atoms with Crippen molar-refractivity contribution in [1.82, 2.24) is 20.8 Å². The van der Waals surface area contributed by atoms with Crippen molar-refractivity contribution < 1.29 is 14.0 Å². The van der Waals surface area contributed by atoms with Crippen LogP contribution in [-0.2, 0) is 0 Å². The number of aryl methyl sites for hydroxylation is 2. The molecular formula is C19H17FN4O2S. The average Bonchev–Trinajstić information content (AvgIpc) is 3.44. The number of hydrogen-bond donors (Lipinski definition) is 2. The number of nitrogens with zero attached hydrogens (tertiary/aromatic N) is 2. The molecule has 0 spiro atoms. The Hall–Kier alpha value is -2.87. The number of aromatic nitrogens is 2. The molecule has 0 unspecified atom stereocenters. The molecule has 2 heterocycles. The quantitative estimate of drug-likeness (QED) is 0.678. The lowest BCUT2D eigenvalue weighted by molar-refractivity contribution is 0.0848. The predicted molar refractivity (Wildman–Crippen MR) is 100 cm³/mol. The third-order valence-electron chi connectivity index (χ3n) is 4.53. The standard InChI is InChI=1S/C19H17FN4O2S/c1-9-14-10(2)21-16(11-3-4-11)22-19(14)27-15(9)18(26)24-23-17(25)12-5-7-13(20)8-6-12/h5-8,11H,3-4H2,1-2H3,(H,23,25)(H,24,26). The van der Waals surface area contributed by atoms with E-state index in [0.717, 1.165) is 40.1 Å². The molecular weight excluding hydrogens is 367 g/mol. The van der Waals surface area contributed by atoms with Gasteiger partial charge in [-0.2, -0.15) is 0 Å². The minimum atomic E-state index is -0.519. The summed E-state index contributed by atoms with van der Waals surface area (Å²) in [6, 6.07) is 5.07. The number of fused-ring (bicyclic) bond motifs is 1. The molecule has 6 nitrogen and oxygen atoms in total. The molecule has 3 aromatic rings. The lowest BCUT2D eigenvalue weighted by Crippen LogP contribution is -2.41. The normalized spacial score (nSPS) is 13.6. The van der Waals surface area contributed by atoms with Gasteiger partial charge < -0.3 is 0 Å². The third kappa shape index (κ3) is 3.40. The first kappa shape index (κ1) is 17.5. The van der Waals surface area contributed by atoms with Gasteiger partial charge in [-0.05, 0) is 56.5 Å². The van der Waals surface area contributed by atoms with E-state index in [1.165, 1.54) is 35.6 Å². The van der Waals surface area contributed by atoms with Crippen LogP contribution < -0.4 is 10.9 Å². The summed E-state index contributed by atoms with van der Waals surface area (Å²) in [5, 5.41) is 0.888. The Morgan fingerprint density at radius 1 is 1.07 bits per heavy atom. The van der Waals surface area contributed by atoms with Crippen molar-refractivity contribution in [3.8, 4) is 0 Å². The van der Waals surface area contributed by atoms with Crippen LogP contribution in [0.25, 0.3) is 10.2 Å². The molecule has 27 heavy (non-hydrogen) atoms. The van der Waals surface area contributed by atoms with E-state index in [1.807, 2.05) is 13.8 Å². The highest BCUT2D eigenvalue weighted by Crippen LogP contribution is 2.40. The highest BCUT2D eigenvalue weighted by Gasteiger charge is 2.28. The molecule has 4 rings (SSSR count). The molecule has 1 saturated carbocycles. The summed E-state index contributed by atoms with van der Waals surface area (Å²) in [7, 11) is 0. The first-order valence-corrected chi connectivity index (χ1v) is 9.39. The van der Waals surface area contributed by atoms with Crippen molar-refractivity contribution in [3.05, 3.63) is 57.6 Å². The topological polar surface area (TPSA) is 84.0 Å². The molecule has 0 aliphatic heterocycles. The number of hydrazine groups is 1. The number of carbonyl (C=O) groups excluding carboxylic acids is 2. The van der Waals surface area contributed by atoms with Gasteiger partial charge in [-0.25, -0.2) is 14.4 Å². The van der Waals surface area contributed by atoms with Gasteiger partial charge in [0, 0.05) is 16.9 Å². The van der Waals surface area contributed by atoms with Gasteiger partial charge >= 0.3 is 0 Å². The van der Waals surface area contributed by atoms with Crippen LogP contribution in [0.15, 0.2) is 24.3 Å². The summed E-state index contributed by atoms with van der Waals surface area (Å²) in [5.41, 5.74) is 6.68. The molecule has 138 valence electrons. The van der Waals surface area contributed by atoms with Crippen molar-refractivity contribution in [1.29, 1.82) is 0 Å². The van der Waals surface area contributed by atoms with E-state index in [1.54, 1.807) is 0 Å². The molecule has 8 heteroatoms. The fourth-order valence-electron chi connectivity index (χ4n) is 2.94. The van der Waals surface area contributed by atoms with E-state index in [9.17, 15) is 14.0 Å². The molecule has 1 fully saturated rings. The fourth-order valence-corrected chi connectivity index (χ4v) is 4.08. The Labute approximate surface area is 158 Å². The fraction of sp³-hybridized carbons (Fsp3) is 0.263. The Morgan fingerprint density at radius 3 is 2.41 bits per heavy atom. The Morgan fingerprint density at radius 2 is 1.74 bits per heavy atom. The van der Waals surface area contributed by atoms with Gasteiger partial charge in [-0.15, -0.1) is 11.3 Å². The van der Waals surface area contributed by atoms with Crippen molar-refractivity contribution in [3.63, 3.8) is 0 Å². The van der Waals surface area contributed by atoms with Crippen LogP contribution in [0.4, 0.5) is 4.39 Å². The van der Waals surface area contributed by atoms with Crippen molar-refractivity contribution in [2.45, 2.75) is 32.6 Å². The number of benzene rings is 1. The summed E-state index contributed by atoms with van der Waals surface area (Å²) in [6.45, 7) is 3.77. The molecule has 2 N–H and O–H groups in total. The molecule has 0 bridgehead atoms. The van der Waals surface area contributed by atoms with Crippen LogP contribution >= 0.6 is 11.3 Å². The van der Waals surface area contributed by atoms with E-state index in [4.69, 9.17) is 0 Å². The monoisotopic (exact) mass is 384 g/mol. The number of nitrogens with one attached hydrogen (secondary N) is 2. The molecule has 1 aromatic carbocycles. The third-order valence-corrected chi connectivity index (χ3v) is 5.72. The first-order chi connectivity index (χ1) is 12.9. The second-order valence-electron chi connectivity index (χ2n) is 6.59. The first-order valence-electron chi connectivity index (χ1n) is 8.58. The average molecular weight is 384 g/mol. The summed E-state index contributed by atoms with van der Waals surface area (Å²) in [6.07, 6.45) is 2.22. The molecule has 0 radical (unpaired) electrons. The highest BCUT2D eigenvalue weighted by molar-refractivity contribution is 7.20. The van der Waals surface area contributed by atoms with Crippen molar-refractivity contribution in [2.75, 3.05) is 0 Å². The number of hydrogen-bond acceptors (Lipinski definition) is 5. The minimum Gasteiger partial charge on any atom is -0.267 e. The van der Waals surface area contributed by atoms with E-state index in [0.29, 0.717) is 10.8 Å². The van der Waals surface area contributed by atoms with E-state index < -0.39 is 17.6 Å². The minimum absolute atomic E-state index is 0.251. The van der Waals surface area contributed by atoms with Crippen LogP contribution in [0.3, 0.4) is 0 Å². The van der Waals surface area contributed by atoms with Crippen LogP contribution in [0.1, 0.15) is 55.9 Å². The summed E-state index contributed by atoms with van der Waals surface area (Å²) in [4.78, 5) is 35.1. The van der Waals surface area contributed by atoms with Gasteiger partial charge in [-0.1, -0.05) is 0 Å². The Bertz CT molecular complexity index is 1060. The smallest absolute Gasteiger partial charge is 0.267 e. The van der Waals surface area contributed by atoms with Gasteiger partial charge in [0.25, 0.3) is 11.8 Å². The van der Waals surface area contributed by atoms with Gasteiger partial charge in [0.15, 0.2) is 0 Å². The van der Waals surface area contributed by atoms with Gasteiger partial charge in [0.2, 0.25) is 0 Å². The predicted octanol–water partition coefficient (Wildman–Crippen LogP) is 3.40. The molecule has 1 aliphatic rings. The van der Waals surface area contributed by atoms with Crippen LogP contribution in [0, 0.1) is 19.7 Å². The molecule has 0 atom stereocenters. The number of halogens is 1. The Balaban J connectivity index is 1.53. The van der Waals surface area contributed by atoms with Crippen LogP contribution in [-0.4, -0.2) is 21.8 Å². The van der Waals surface area contributed by atoms with E-state index in [2.05, 4.69) is 20.8 Å². The lowest BCUT2D eigenvalue weighted by atomic mass is 10.1. The zero-order valence-corrected chi connectivity index (χ0v) is 15.6. The van der Waals surface area contributed by atoms with E-state index >= 15 is 0 Å². The van der Waals surface area contributed by atoms with Crippen molar-refractivity contribution in [2.24, 2.45) is 0 Å². The number of thiophene rings is 1. The zero-order valence-electron chi connectivity index (χ0n) is 14.8. The van der Waals surface area contributed by atoms with Crippen molar-refractivity contribution >= 4 is 33.4 Å². The highest BCUT2D eigenvalue weighted by atomic mass is 32.1. The maximum Gasteiger partial charge on any atom is 0.280 e. The number of carbonyl (C=O) groups is 2. The lowest BCUT2D eigenvalue weighted by Gasteiger charge is -2.07. The molecule has 2 amide bonds. The van der Waals surface area contributed by atoms with Crippen LogP contribution in [0.5, 0.6) is 0 Å². The maximum absolute atomic E-state index is 12.9. The van der Waals surface area contributed by atoms with Gasteiger partial charge in [0.05, 0.1) is 10.6 Å². The summed E-state index contributed by atoms with van der Waals surface area (Å²) in [5.74, 6) is -0.0911. The molecule has 0 saturated heterocycles. The van der Waals surface area contributed by atoms with Crippen LogP contribution in [0.2, 0.25) is 0 Å². The number of amides is 2. The molecule has 2 aromatic heterocycles. The second kappa shape index (κ2) is 6.70. The zero-order chi connectivity index (χ0) is 19.1. The SMILES string of the molecule is Cc1nc(C2CC2)nc2sc(C(=O)NNC(=O)c3ccc(F)cc3)c(C)c12. The summed E-state index contributed by atoms with van der Waals surface area (Å²) >= 11 is 1.29. The summed E-state index contributed by atoms with van der Waals surface area (Å²) < 4.78 is 12.9. The number of rotatable bonds is 3. The Kier molecular flexibility index (Phi) is 4.35. The van der Waals surface area contributed by atoms with E-state index in [-0.39, 0.29) is 5.56 Å². The van der Waals surface area contributed by atoms with Gasteiger partial charge in [0.1, 0.15) is 16.5 Å². The second-order valence-corrected chi connectivity index (χ2v) is 7.59. The van der Waals surface area contributed by atoms with Gasteiger partial charge in [-0.3, -0.25) is 20.4 Å². The molecule has 1 aliphatic carbocycles. The largest absolute Gasteiger partial charge is 0.280 e. The maximum atomic E-state index is 12.9.